The quantitative estimate of drug-likeness (QED) is 0.731. The molecule has 0 N–H and O–H groups in total. The Morgan fingerprint density at radius 2 is 1.67 bits per heavy atom. The standard InChI is InChI=1S/C18H15NO3SSe/c20-16-12-4-1-2-5-13(12)17(21)18(24-14-6-3-11-23-14)15(16)19-7-9-22-10-8-19/h1-6,11H,7-10H2. The number of ether oxygens (including phenoxy) is 1. The molecule has 0 amide bonds. The predicted molar refractivity (Wildman–Crippen MR) is 94.2 cm³/mol. The van der Waals surface area contributed by atoms with Crippen molar-refractivity contribution in [1.29, 1.82) is 0 Å². The Kier molecular flexibility index (Phi) is 4.37. The van der Waals surface area contributed by atoms with Crippen LogP contribution in [0.5, 0.6) is 0 Å². The van der Waals surface area contributed by atoms with Gasteiger partial charge in [0, 0.05) is 0 Å². The van der Waals surface area contributed by atoms with Crippen LogP contribution in [-0.2, 0) is 4.74 Å². The van der Waals surface area contributed by atoms with E-state index < -0.39 is 0 Å². The molecule has 1 aromatic carbocycles. The van der Waals surface area contributed by atoms with E-state index in [0.29, 0.717) is 47.6 Å². The zero-order valence-corrected chi connectivity index (χ0v) is 15.4. The number of rotatable bonds is 3. The summed E-state index contributed by atoms with van der Waals surface area (Å²) in [5, 5.41) is 2.01. The zero-order chi connectivity index (χ0) is 16.5. The number of carbonyl (C=O) groups is 2. The number of ketones is 2. The van der Waals surface area contributed by atoms with E-state index in [9.17, 15) is 9.59 Å². The average Bonchev–Trinajstić information content (AvgIpc) is 3.14. The van der Waals surface area contributed by atoms with Gasteiger partial charge in [0.05, 0.1) is 0 Å². The molecule has 2 aromatic rings. The zero-order valence-electron chi connectivity index (χ0n) is 12.9. The predicted octanol–water partition coefficient (Wildman–Crippen LogP) is 1.70. The van der Waals surface area contributed by atoms with Crippen LogP contribution in [0.3, 0.4) is 0 Å². The molecule has 1 aliphatic heterocycles. The Morgan fingerprint density at radius 3 is 2.33 bits per heavy atom. The minimum atomic E-state index is -0.165. The number of hydrogen-bond donors (Lipinski definition) is 0. The van der Waals surface area contributed by atoms with Crippen LogP contribution in [0.4, 0.5) is 0 Å². The van der Waals surface area contributed by atoms with Crippen LogP contribution in [0.1, 0.15) is 20.7 Å². The molecule has 1 fully saturated rings. The van der Waals surface area contributed by atoms with Gasteiger partial charge in [-0.1, -0.05) is 0 Å². The third-order valence-corrected chi connectivity index (χ3v) is 7.71. The van der Waals surface area contributed by atoms with Crippen molar-refractivity contribution in [2.45, 2.75) is 0 Å². The fourth-order valence-corrected chi connectivity index (χ4v) is 6.34. The Labute approximate surface area is 150 Å². The molecule has 1 aliphatic carbocycles. The minimum absolute atomic E-state index is 0.0000850. The van der Waals surface area contributed by atoms with Crippen LogP contribution in [0.25, 0.3) is 0 Å². The van der Waals surface area contributed by atoms with Gasteiger partial charge in [0.25, 0.3) is 0 Å². The summed E-state index contributed by atoms with van der Waals surface area (Å²) in [5.41, 5.74) is 1.65. The van der Waals surface area contributed by atoms with E-state index in [1.165, 1.54) is 0 Å². The third-order valence-electron chi connectivity index (χ3n) is 4.08. The van der Waals surface area contributed by atoms with Gasteiger partial charge in [0.1, 0.15) is 0 Å². The first kappa shape index (κ1) is 15.8. The molecule has 1 aromatic heterocycles. The molecule has 0 spiro atoms. The van der Waals surface area contributed by atoms with Crippen molar-refractivity contribution in [1.82, 2.24) is 4.90 Å². The first-order valence-corrected chi connectivity index (χ1v) is 10.3. The summed E-state index contributed by atoms with van der Waals surface area (Å²) in [6.07, 6.45) is 0. The molecule has 0 saturated carbocycles. The second kappa shape index (κ2) is 6.65. The number of hydrogen-bond acceptors (Lipinski definition) is 5. The van der Waals surface area contributed by atoms with Crippen molar-refractivity contribution < 1.29 is 14.3 Å². The van der Waals surface area contributed by atoms with Crippen LogP contribution in [0.2, 0.25) is 0 Å². The Bertz CT molecular complexity index is 823. The van der Waals surface area contributed by atoms with Gasteiger partial charge >= 0.3 is 150 Å². The summed E-state index contributed by atoms with van der Waals surface area (Å²) >= 11 is 1.47. The summed E-state index contributed by atoms with van der Waals surface area (Å²) in [7, 11) is 0. The van der Waals surface area contributed by atoms with Gasteiger partial charge in [-0.15, -0.1) is 0 Å². The molecule has 4 nitrogen and oxygen atoms in total. The molecule has 0 bridgehead atoms. The Hall–Kier alpha value is -1.72. The molecule has 2 aliphatic rings. The number of carbonyl (C=O) groups excluding carboxylic acids is 2. The molecule has 2 heterocycles. The number of allylic oxidation sites excluding steroid dienone is 2. The molecule has 0 radical (unpaired) electrons. The van der Waals surface area contributed by atoms with Crippen LogP contribution >= 0.6 is 11.3 Å². The van der Waals surface area contributed by atoms with E-state index in [-0.39, 0.29) is 26.5 Å². The van der Waals surface area contributed by atoms with Gasteiger partial charge in [-0.05, 0) is 0 Å². The van der Waals surface area contributed by atoms with Crippen molar-refractivity contribution in [2.75, 3.05) is 26.3 Å². The van der Waals surface area contributed by atoms with Crippen molar-refractivity contribution in [3.8, 4) is 0 Å². The van der Waals surface area contributed by atoms with Gasteiger partial charge in [-0.3, -0.25) is 0 Å². The second-order valence-electron chi connectivity index (χ2n) is 5.52. The molecule has 122 valence electrons. The van der Waals surface area contributed by atoms with Crippen molar-refractivity contribution >= 4 is 41.6 Å². The Balaban J connectivity index is 1.83. The number of fused-ring (bicyclic) bond motifs is 1. The number of benzene rings is 1. The molecule has 4 rings (SSSR count). The van der Waals surface area contributed by atoms with Gasteiger partial charge in [-0.2, -0.15) is 0 Å². The van der Waals surface area contributed by atoms with Crippen LogP contribution in [0.15, 0.2) is 51.9 Å². The summed E-state index contributed by atoms with van der Waals surface area (Å²) in [6.45, 7) is 2.48. The van der Waals surface area contributed by atoms with Crippen LogP contribution in [0, 0.1) is 0 Å². The Morgan fingerprint density at radius 1 is 0.958 bits per heavy atom. The molecular weight excluding hydrogens is 389 g/mol. The third kappa shape index (κ3) is 2.76. The average molecular weight is 404 g/mol. The molecular formula is C18H15NO3SSe. The van der Waals surface area contributed by atoms with Gasteiger partial charge in [-0.25, -0.2) is 0 Å². The molecule has 1 saturated heterocycles. The number of thiophene rings is 1. The van der Waals surface area contributed by atoms with Crippen LogP contribution < -0.4 is 3.78 Å². The second-order valence-corrected chi connectivity index (χ2v) is 9.25. The number of nitrogens with zero attached hydrogens (tertiary/aromatic N) is 1. The normalized spacial score (nSPS) is 18.1. The van der Waals surface area contributed by atoms with E-state index in [2.05, 4.69) is 0 Å². The molecule has 24 heavy (non-hydrogen) atoms. The van der Waals surface area contributed by atoms with Crippen molar-refractivity contribution in [3.63, 3.8) is 0 Å². The topological polar surface area (TPSA) is 46.6 Å². The fraction of sp³-hybridized carbons (Fsp3) is 0.222. The van der Waals surface area contributed by atoms with Gasteiger partial charge in [0.2, 0.25) is 0 Å². The van der Waals surface area contributed by atoms with Crippen molar-refractivity contribution in [2.24, 2.45) is 0 Å². The monoisotopic (exact) mass is 405 g/mol. The fourth-order valence-electron chi connectivity index (χ4n) is 2.93. The summed E-state index contributed by atoms with van der Waals surface area (Å²) in [5.74, 6) is -0.0272. The van der Waals surface area contributed by atoms with E-state index in [1.807, 2.05) is 34.5 Å². The summed E-state index contributed by atoms with van der Waals surface area (Å²) in [4.78, 5) is 28.2. The summed E-state index contributed by atoms with van der Waals surface area (Å²) in [6, 6.07) is 11.2. The first-order valence-electron chi connectivity index (χ1n) is 7.72. The van der Waals surface area contributed by atoms with Crippen molar-refractivity contribution in [3.05, 3.63) is 63.1 Å². The maximum absolute atomic E-state index is 13.1. The summed E-state index contributed by atoms with van der Waals surface area (Å²) < 4.78 is 7.24. The molecule has 0 atom stereocenters. The number of morpholine rings is 1. The van der Waals surface area contributed by atoms with Gasteiger partial charge < -0.3 is 0 Å². The molecule has 0 unspecified atom stereocenters. The van der Waals surface area contributed by atoms with E-state index >= 15 is 0 Å². The molecule has 6 heteroatoms. The SMILES string of the molecule is O=C1C([Se]c2cccs2)=C(N2CCOCC2)C(=O)c2ccccc21. The number of Topliss-reactive ketones (excluding diaryl/α,β-unsaturated/α-hetero) is 2. The van der Waals surface area contributed by atoms with Crippen LogP contribution in [-0.4, -0.2) is 57.7 Å². The van der Waals surface area contributed by atoms with E-state index in [0.717, 1.165) is 3.78 Å². The van der Waals surface area contributed by atoms with E-state index in [4.69, 9.17) is 4.74 Å². The van der Waals surface area contributed by atoms with E-state index in [1.54, 1.807) is 23.5 Å². The first-order chi connectivity index (χ1) is 11.8. The maximum atomic E-state index is 13.1. The van der Waals surface area contributed by atoms with Gasteiger partial charge in [0.15, 0.2) is 0 Å².